The van der Waals surface area contributed by atoms with Gasteiger partial charge in [-0.1, -0.05) is 45.4 Å². The second-order valence-electron chi connectivity index (χ2n) is 6.21. The average Bonchev–Trinajstić information content (AvgIpc) is 2.75. The zero-order valence-electron chi connectivity index (χ0n) is 12.9. The van der Waals surface area contributed by atoms with Crippen LogP contribution in [-0.2, 0) is 9.59 Å². The highest BCUT2D eigenvalue weighted by Gasteiger charge is 2.33. The van der Waals surface area contributed by atoms with Crippen LogP contribution >= 0.6 is 0 Å². The minimum atomic E-state index is -0.702. The maximum Gasteiger partial charge on any atom is 0.303 e. The van der Waals surface area contributed by atoms with Gasteiger partial charge in [0.2, 0.25) is 0 Å². The number of carboxylic acids is 1. The number of unbranched alkanes of at least 4 members (excludes halogenated alkanes) is 5. The Kier molecular flexibility index (Phi) is 8.56. The van der Waals surface area contributed by atoms with Crippen LogP contribution in [0.1, 0.15) is 84.0 Å². The van der Waals surface area contributed by atoms with Crippen molar-refractivity contribution >= 4 is 11.8 Å². The summed E-state index contributed by atoms with van der Waals surface area (Å²) in [6, 6.07) is 0. The van der Waals surface area contributed by atoms with Crippen LogP contribution in [0.4, 0.5) is 0 Å². The summed E-state index contributed by atoms with van der Waals surface area (Å²) in [5.74, 6) is 0.725. The van der Waals surface area contributed by atoms with Crippen molar-refractivity contribution in [1.29, 1.82) is 0 Å². The molecular weight excluding hydrogens is 252 g/mol. The minimum absolute atomic E-state index is 0.280. The molecule has 1 rings (SSSR count). The standard InChI is InChI=1S/C17H30O3/c1-2-3-6-9-14-12-13-16(18)15(14)10-7-4-5-8-11-17(19)20/h14-15H,2-13H2,1H3,(H,19,20). The highest BCUT2D eigenvalue weighted by Crippen LogP contribution is 2.36. The number of hydrogen-bond acceptors (Lipinski definition) is 2. The zero-order chi connectivity index (χ0) is 14.8. The molecule has 2 atom stereocenters. The van der Waals surface area contributed by atoms with Crippen LogP contribution in [0.25, 0.3) is 0 Å². The first-order chi connectivity index (χ1) is 9.65. The topological polar surface area (TPSA) is 54.4 Å². The van der Waals surface area contributed by atoms with Crippen LogP contribution < -0.4 is 0 Å². The lowest BCUT2D eigenvalue weighted by molar-refractivity contribution is -0.137. The van der Waals surface area contributed by atoms with Gasteiger partial charge < -0.3 is 5.11 Å². The third-order valence-electron chi connectivity index (χ3n) is 4.58. The Morgan fingerprint density at radius 2 is 1.80 bits per heavy atom. The van der Waals surface area contributed by atoms with E-state index in [0.29, 0.717) is 17.6 Å². The van der Waals surface area contributed by atoms with Gasteiger partial charge in [0.25, 0.3) is 0 Å². The summed E-state index contributed by atoms with van der Waals surface area (Å²) in [5.41, 5.74) is 0. The molecule has 3 heteroatoms. The normalized spacial score (nSPS) is 22.4. The van der Waals surface area contributed by atoms with Crippen molar-refractivity contribution in [3.05, 3.63) is 0 Å². The van der Waals surface area contributed by atoms with E-state index in [0.717, 1.165) is 44.9 Å². The predicted octanol–water partition coefficient (Wildman–Crippen LogP) is 4.59. The van der Waals surface area contributed by atoms with Crippen molar-refractivity contribution in [2.24, 2.45) is 11.8 Å². The first-order valence-corrected chi connectivity index (χ1v) is 8.39. The van der Waals surface area contributed by atoms with Crippen molar-refractivity contribution in [3.8, 4) is 0 Å². The van der Waals surface area contributed by atoms with E-state index in [-0.39, 0.29) is 6.42 Å². The number of hydrogen-bond donors (Lipinski definition) is 1. The van der Waals surface area contributed by atoms with E-state index in [2.05, 4.69) is 6.92 Å². The summed E-state index contributed by atoms with van der Waals surface area (Å²) in [7, 11) is 0. The van der Waals surface area contributed by atoms with Crippen molar-refractivity contribution < 1.29 is 14.7 Å². The molecule has 1 N–H and O–H groups in total. The molecule has 1 aliphatic carbocycles. The highest BCUT2D eigenvalue weighted by atomic mass is 16.4. The summed E-state index contributed by atoms with van der Waals surface area (Å²) in [4.78, 5) is 22.4. The Bertz CT molecular complexity index is 299. The lowest BCUT2D eigenvalue weighted by Gasteiger charge is -2.18. The third-order valence-corrected chi connectivity index (χ3v) is 4.58. The molecule has 0 bridgehead atoms. The quantitative estimate of drug-likeness (QED) is 0.564. The monoisotopic (exact) mass is 282 g/mol. The summed E-state index contributed by atoms with van der Waals surface area (Å²) in [6.07, 6.45) is 12.1. The molecule has 0 saturated heterocycles. The van der Waals surface area contributed by atoms with Gasteiger partial charge in [0.05, 0.1) is 0 Å². The van der Waals surface area contributed by atoms with Gasteiger partial charge in [-0.3, -0.25) is 9.59 Å². The van der Waals surface area contributed by atoms with Gasteiger partial charge >= 0.3 is 5.97 Å². The number of ketones is 1. The second kappa shape index (κ2) is 9.95. The van der Waals surface area contributed by atoms with Crippen LogP contribution in [0.5, 0.6) is 0 Å². The highest BCUT2D eigenvalue weighted by molar-refractivity contribution is 5.83. The number of carboxylic acid groups (broad SMARTS) is 1. The van der Waals surface area contributed by atoms with Crippen molar-refractivity contribution in [2.75, 3.05) is 0 Å². The van der Waals surface area contributed by atoms with Gasteiger partial charge in [0.15, 0.2) is 0 Å². The maximum absolute atomic E-state index is 11.9. The van der Waals surface area contributed by atoms with Crippen LogP contribution in [0, 0.1) is 11.8 Å². The minimum Gasteiger partial charge on any atom is -0.481 e. The Morgan fingerprint density at radius 3 is 2.50 bits per heavy atom. The fourth-order valence-corrected chi connectivity index (χ4v) is 3.37. The number of aliphatic carboxylic acids is 1. The summed E-state index contributed by atoms with van der Waals surface area (Å²) >= 11 is 0. The predicted molar refractivity (Wildman–Crippen MR) is 80.7 cm³/mol. The molecule has 1 fully saturated rings. The lowest BCUT2D eigenvalue weighted by atomic mass is 9.86. The Balaban J connectivity index is 2.15. The summed E-state index contributed by atoms with van der Waals surface area (Å²) < 4.78 is 0. The summed E-state index contributed by atoms with van der Waals surface area (Å²) in [5, 5.41) is 8.57. The first-order valence-electron chi connectivity index (χ1n) is 8.39. The molecule has 0 radical (unpaired) electrons. The maximum atomic E-state index is 11.9. The lowest BCUT2D eigenvalue weighted by Crippen LogP contribution is -2.14. The SMILES string of the molecule is CCCCCC1CCC(=O)C1CCCCCCC(=O)O. The molecular formula is C17H30O3. The molecule has 1 aliphatic rings. The van der Waals surface area contributed by atoms with Gasteiger partial charge in [-0.2, -0.15) is 0 Å². The molecule has 0 aromatic rings. The number of carbonyl (C=O) groups is 2. The van der Waals surface area contributed by atoms with Gasteiger partial charge in [-0.15, -0.1) is 0 Å². The smallest absolute Gasteiger partial charge is 0.303 e. The van der Waals surface area contributed by atoms with Gasteiger partial charge in [0.1, 0.15) is 5.78 Å². The van der Waals surface area contributed by atoms with E-state index >= 15 is 0 Å². The Morgan fingerprint density at radius 1 is 1.10 bits per heavy atom. The molecule has 0 aromatic carbocycles. The number of rotatable bonds is 11. The summed E-state index contributed by atoms with van der Waals surface area (Å²) in [6.45, 7) is 2.22. The second-order valence-corrected chi connectivity index (χ2v) is 6.21. The molecule has 0 aliphatic heterocycles. The molecule has 116 valence electrons. The van der Waals surface area contributed by atoms with E-state index < -0.39 is 5.97 Å². The Labute approximate surface area is 123 Å². The van der Waals surface area contributed by atoms with Crippen molar-refractivity contribution in [3.63, 3.8) is 0 Å². The van der Waals surface area contributed by atoms with Crippen LogP contribution in [0.2, 0.25) is 0 Å². The van der Waals surface area contributed by atoms with Crippen LogP contribution in [-0.4, -0.2) is 16.9 Å². The van der Waals surface area contributed by atoms with E-state index in [1.54, 1.807) is 0 Å². The fraction of sp³-hybridized carbons (Fsp3) is 0.882. The van der Waals surface area contributed by atoms with Crippen LogP contribution in [0.15, 0.2) is 0 Å². The molecule has 1 saturated carbocycles. The van der Waals surface area contributed by atoms with Crippen LogP contribution in [0.3, 0.4) is 0 Å². The van der Waals surface area contributed by atoms with Crippen molar-refractivity contribution in [2.45, 2.75) is 84.0 Å². The van der Waals surface area contributed by atoms with Crippen molar-refractivity contribution in [1.82, 2.24) is 0 Å². The molecule has 0 aromatic heterocycles. The van der Waals surface area contributed by atoms with Gasteiger partial charge in [-0.25, -0.2) is 0 Å². The van der Waals surface area contributed by atoms with E-state index in [1.165, 1.54) is 25.7 Å². The third kappa shape index (κ3) is 6.53. The fourth-order valence-electron chi connectivity index (χ4n) is 3.37. The first kappa shape index (κ1) is 17.2. The van der Waals surface area contributed by atoms with E-state index in [9.17, 15) is 9.59 Å². The largest absolute Gasteiger partial charge is 0.481 e. The molecule has 3 nitrogen and oxygen atoms in total. The molecule has 0 heterocycles. The van der Waals surface area contributed by atoms with Gasteiger partial charge in [-0.05, 0) is 31.6 Å². The number of carbonyl (C=O) groups excluding carboxylic acids is 1. The molecule has 2 unspecified atom stereocenters. The Hall–Kier alpha value is -0.860. The molecule has 0 spiro atoms. The van der Waals surface area contributed by atoms with Gasteiger partial charge in [0, 0.05) is 18.8 Å². The molecule has 20 heavy (non-hydrogen) atoms. The van der Waals surface area contributed by atoms with E-state index in [4.69, 9.17) is 5.11 Å². The van der Waals surface area contributed by atoms with E-state index in [1.807, 2.05) is 0 Å². The molecule has 0 amide bonds. The average molecular weight is 282 g/mol. The zero-order valence-corrected chi connectivity index (χ0v) is 12.9. The number of Topliss-reactive ketones (excluding diaryl/α,β-unsaturated/α-hetero) is 1.